The van der Waals surface area contributed by atoms with Gasteiger partial charge in [0, 0.05) is 24.8 Å². The number of nitrogens with zero attached hydrogens (tertiary/aromatic N) is 3. The topological polar surface area (TPSA) is 79.7 Å². The Morgan fingerprint density at radius 2 is 1.87 bits per heavy atom. The van der Waals surface area contributed by atoms with Crippen LogP contribution in [0.15, 0.2) is 41.4 Å². The van der Waals surface area contributed by atoms with Crippen molar-refractivity contribution in [1.82, 2.24) is 9.29 Å². The molecule has 1 N–H and O–H groups in total. The van der Waals surface area contributed by atoms with Crippen molar-refractivity contribution >= 4 is 23.1 Å². The van der Waals surface area contributed by atoms with Gasteiger partial charge in [0.15, 0.2) is 4.90 Å². The minimum Gasteiger partial charge on any atom is -0.593 e. The fourth-order valence-electron chi connectivity index (χ4n) is 3.92. The van der Waals surface area contributed by atoms with Crippen molar-refractivity contribution in [3.63, 3.8) is 0 Å². The number of benzene rings is 1. The molecule has 160 valence electrons. The van der Waals surface area contributed by atoms with E-state index in [1.54, 1.807) is 12.1 Å². The lowest BCUT2D eigenvalue weighted by Crippen LogP contribution is -2.49. The molecule has 2 atom stereocenters. The van der Waals surface area contributed by atoms with Gasteiger partial charge in [-0.05, 0) is 36.6 Å². The summed E-state index contributed by atoms with van der Waals surface area (Å²) < 4.78 is 53.1. The molecule has 2 aliphatic rings. The van der Waals surface area contributed by atoms with Gasteiger partial charge in [0.1, 0.15) is 5.82 Å². The van der Waals surface area contributed by atoms with Crippen molar-refractivity contribution in [2.75, 3.05) is 31.1 Å². The Morgan fingerprint density at radius 1 is 1.13 bits per heavy atom. The van der Waals surface area contributed by atoms with Crippen LogP contribution in [0, 0.1) is 5.92 Å². The summed E-state index contributed by atoms with van der Waals surface area (Å²) in [5.41, 5.74) is 1.000. The van der Waals surface area contributed by atoms with Crippen molar-refractivity contribution in [3.8, 4) is 0 Å². The van der Waals surface area contributed by atoms with Crippen LogP contribution in [0.2, 0.25) is 0 Å². The normalized spacial score (nSPS) is 20.8. The molecule has 4 rings (SSSR count). The SMILES string of the molecule is O=C(O)C1Cc2cccc([S+]([O-])N3CCN(c4ccc(C(F)(F)F)cn4)CC3)c2C1. The van der Waals surface area contributed by atoms with Crippen LogP contribution >= 0.6 is 0 Å². The first-order valence-electron chi connectivity index (χ1n) is 9.52. The van der Waals surface area contributed by atoms with E-state index in [2.05, 4.69) is 4.98 Å². The third-order valence-electron chi connectivity index (χ3n) is 5.56. The highest BCUT2D eigenvalue weighted by atomic mass is 32.2. The Labute approximate surface area is 174 Å². The molecule has 1 aromatic heterocycles. The molecule has 2 aromatic rings. The number of aromatic nitrogens is 1. The van der Waals surface area contributed by atoms with Crippen molar-refractivity contribution in [1.29, 1.82) is 0 Å². The second-order valence-corrected chi connectivity index (χ2v) is 8.86. The largest absolute Gasteiger partial charge is 0.593 e. The van der Waals surface area contributed by atoms with E-state index in [0.29, 0.717) is 49.7 Å². The van der Waals surface area contributed by atoms with Gasteiger partial charge >= 0.3 is 12.1 Å². The summed E-state index contributed by atoms with van der Waals surface area (Å²) in [4.78, 5) is 17.8. The molecule has 0 spiro atoms. The number of hydrogen-bond acceptors (Lipinski definition) is 5. The predicted molar refractivity (Wildman–Crippen MR) is 104 cm³/mol. The summed E-state index contributed by atoms with van der Waals surface area (Å²) in [5.74, 6) is -0.875. The molecule has 6 nitrogen and oxygen atoms in total. The summed E-state index contributed by atoms with van der Waals surface area (Å²) in [6, 6.07) is 7.83. The summed E-state index contributed by atoms with van der Waals surface area (Å²) in [7, 11) is 0. The molecular weight excluding hydrogens is 419 g/mol. The van der Waals surface area contributed by atoms with Gasteiger partial charge in [0.2, 0.25) is 0 Å². The maximum absolute atomic E-state index is 13.2. The van der Waals surface area contributed by atoms with Crippen LogP contribution in [0.1, 0.15) is 16.7 Å². The minimum absolute atomic E-state index is 0.377. The zero-order valence-corrected chi connectivity index (χ0v) is 16.7. The number of carboxylic acids is 1. The average molecular weight is 439 g/mol. The average Bonchev–Trinajstić information content (AvgIpc) is 3.18. The maximum atomic E-state index is 13.2. The Morgan fingerprint density at radius 3 is 2.47 bits per heavy atom. The number of rotatable bonds is 4. The monoisotopic (exact) mass is 439 g/mol. The second-order valence-electron chi connectivity index (χ2n) is 7.41. The van der Waals surface area contributed by atoms with Crippen LogP contribution in [-0.4, -0.2) is 51.1 Å². The Balaban J connectivity index is 1.42. The third kappa shape index (κ3) is 4.12. The Bertz CT molecular complexity index is 931. The minimum atomic E-state index is -4.42. The van der Waals surface area contributed by atoms with Crippen molar-refractivity contribution in [2.45, 2.75) is 23.9 Å². The van der Waals surface area contributed by atoms with Gasteiger partial charge in [0.05, 0.1) is 35.9 Å². The van der Waals surface area contributed by atoms with Crippen LogP contribution in [0.25, 0.3) is 0 Å². The van der Waals surface area contributed by atoms with Gasteiger partial charge in [-0.3, -0.25) is 4.79 Å². The van der Waals surface area contributed by atoms with Crippen LogP contribution < -0.4 is 4.90 Å². The van der Waals surface area contributed by atoms with Gasteiger partial charge in [0.25, 0.3) is 0 Å². The smallest absolute Gasteiger partial charge is 0.417 e. The standard InChI is InChI=1S/C20H20F3N3O3S/c21-20(22,23)15-4-5-18(24-12-15)25-6-8-26(9-7-25)30(29)17-3-1-2-13-10-14(19(27)28)11-16(13)17/h1-5,12,14H,6-11H2,(H,27,28). The molecule has 2 unspecified atom stereocenters. The summed E-state index contributed by atoms with van der Waals surface area (Å²) in [6.45, 7) is 1.89. The molecule has 0 amide bonds. The van der Waals surface area contributed by atoms with Crippen LogP contribution in [0.3, 0.4) is 0 Å². The highest BCUT2D eigenvalue weighted by Gasteiger charge is 2.36. The lowest BCUT2D eigenvalue weighted by Gasteiger charge is -2.35. The molecule has 1 saturated heterocycles. The molecule has 1 aromatic carbocycles. The number of fused-ring (bicyclic) bond motifs is 1. The molecule has 1 fully saturated rings. The number of pyridine rings is 1. The predicted octanol–water partition coefficient (Wildman–Crippen LogP) is 2.74. The first kappa shape index (κ1) is 21.0. The van der Waals surface area contributed by atoms with Gasteiger partial charge in [-0.25, -0.2) is 4.98 Å². The first-order valence-corrected chi connectivity index (χ1v) is 10.6. The highest BCUT2D eigenvalue weighted by molar-refractivity contribution is 7.89. The number of carboxylic acid groups (broad SMARTS) is 1. The number of hydrogen-bond donors (Lipinski definition) is 1. The lowest BCUT2D eigenvalue weighted by atomic mass is 10.1. The number of carbonyl (C=O) groups is 1. The number of aliphatic carboxylic acids is 1. The van der Waals surface area contributed by atoms with Gasteiger partial charge < -0.3 is 14.6 Å². The Hall–Kier alpha value is -2.30. The molecule has 1 aliphatic heterocycles. The van der Waals surface area contributed by atoms with E-state index < -0.39 is 35.0 Å². The van der Waals surface area contributed by atoms with Gasteiger partial charge in [-0.2, -0.15) is 13.2 Å². The molecule has 2 heterocycles. The van der Waals surface area contributed by atoms with Crippen LogP contribution in [-0.2, 0) is 35.2 Å². The van der Waals surface area contributed by atoms with Crippen LogP contribution in [0.4, 0.5) is 19.0 Å². The Kier molecular flexibility index (Phi) is 5.65. The molecule has 30 heavy (non-hydrogen) atoms. The van der Waals surface area contributed by atoms with E-state index >= 15 is 0 Å². The number of anilines is 1. The van der Waals surface area contributed by atoms with E-state index in [-0.39, 0.29) is 0 Å². The summed E-state index contributed by atoms with van der Waals surface area (Å²) in [6.07, 6.45) is -2.77. The van der Waals surface area contributed by atoms with Crippen molar-refractivity contribution < 1.29 is 27.6 Å². The van der Waals surface area contributed by atoms with E-state index in [9.17, 15) is 27.6 Å². The highest BCUT2D eigenvalue weighted by Crippen LogP contribution is 2.34. The van der Waals surface area contributed by atoms with Crippen LogP contribution in [0.5, 0.6) is 0 Å². The molecule has 1 aliphatic carbocycles. The molecule has 0 radical (unpaired) electrons. The van der Waals surface area contributed by atoms with E-state index in [1.165, 1.54) is 6.07 Å². The molecule has 0 saturated carbocycles. The zero-order chi connectivity index (χ0) is 21.5. The van der Waals surface area contributed by atoms with E-state index in [1.807, 2.05) is 15.3 Å². The lowest BCUT2D eigenvalue weighted by molar-refractivity contribution is -0.141. The maximum Gasteiger partial charge on any atom is 0.417 e. The van der Waals surface area contributed by atoms with Crippen molar-refractivity contribution in [2.24, 2.45) is 5.92 Å². The number of alkyl halides is 3. The quantitative estimate of drug-likeness (QED) is 0.738. The first-order chi connectivity index (χ1) is 14.2. The molecule has 0 bridgehead atoms. The van der Waals surface area contributed by atoms with E-state index in [4.69, 9.17) is 0 Å². The fourth-order valence-corrected chi connectivity index (χ4v) is 5.31. The molecule has 10 heteroatoms. The third-order valence-corrected chi connectivity index (χ3v) is 7.15. The summed E-state index contributed by atoms with van der Waals surface area (Å²) in [5, 5.41) is 9.30. The van der Waals surface area contributed by atoms with E-state index in [0.717, 1.165) is 23.4 Å². The van der Waals surface area contributed by atoms with Crippen molar-refractivity contribution in [3.05, 3.63) is 53.2 Å². The fraction of sp³-hybridized carbons (Fsp3) is 0.400. The number of piperazine rings is 1. The second kappa shape index (κ2) is 8.09. The summed E-state index contributed by atoms with van der Waals surface area (Å²) >= 11 is -1.42. The number of halogens is 3. The van der Waals surface area contributed by atoms with Gasteiger partial charge in [-0.15, -0.1) is 4.31 Å². The van der Waals surface area contributed by atoms with Gasteiger partial charge in [-0.1, -0.05) is 12.1 Å². The molecular formula is C20H20F3N3O3S. The zero-order valence-electron chi connectivity index (χ0n) is 15.9.